The lowest BCUT2D eigenvalue weighted by Crippen LogP contribution is -2.18. The number of halogens is 4. The summed E-state index contributed by atoms with van der Waals surface area (Å²) in [4.78, 5) is 10.6. The van der Waals surface area contributed by atoms with Gasteiger partial charge < -0.3 is 29.8 Å². The van der Waals surface area contributed by atoms with Crippen LogP contribution >= 0.6 is 11.3 Å². The Morgan fingerprint density at radius 3 is 2.37 bits per heavy atom. The molecule has 0 amide bonds. The molecule has 13 heteroatoms. The molecule has 7 aromatic rings. The molecule has 0 aliphatic carbocycles. The highest BCUT2D eigenvalue weighted by atomic mass is 32.1. The van der Waals surface area contributed by atoms with Crippen molar-refractivity contribution < 1.29 is 32.1 Å². The number of fused-ring (bicyclic) bond motifs is 3. The molecule has 0 fully saturated rings. The van der Waals surface area contributed by atoms with Crippen LogP contribution < -0.4 is 20.1 Å². The summed E-state index contributed by atoms with van der Waals surface area (Å²) in [5, 5.41) is 20.4. The van der Waals surface area contributed by atoms with Gasteiger partial charge in [-0.3, -0.25) is 9.97 Å². The van der Waals surface area contributed by atoms with Crippen molar-refractivity contribution in [1.29, 1.82) is 0 Å². The van der Waals surface area contributed by atoms with E-state index in [0.29, 0.717) is 36.8 Å². The van der Waals surface area contributed by atoms with Crippen LogP contribution in [0.25, 0.3) is 32.2 Å². The van der Waals surface area contributed by atoms with Crippen LogP contribution in [0, 0.1) is 5.82 Å². The molecule has 4 aromatic carbocycles. The molecule has 7 rings (SSSR count). The van der Waals surface area contributed by atoms with Crippen molar-refractivity contribution in [2.24, 2.45) is 0 Å². The van der Waals surface area contributed by atoms with Crippen LogP contribution in [-0.4, -0.2) is 46.4 Å². The van der Waals surface area contributed by atoms with Gasteiger partial charge in [0.05, 0.1) is 30.2 Å². The lowest BCUT2D eigenvalue weighted by atomic mass is 10.1. The van der Waals surface area contributed by atoms with Gasteiger partial charge in [0.1, 0.15) is 23.9 Å². The lowest BCUT2D eigenvalue weighted by molar-refractivity contribution is -0.140. The van der Waals surface area contributed by atoms with E-state index >= 15 is 0 Å². The number of aryl methyl sites for hydroxylation is 4. The van der Waals surface area contributed by atoms with Gasteiger partial charge in [-0.15, -0.1) is 11.3 Å². The Morgan fingerprint density at radius 1 is 0.783 bits per heavy atom. The molecule has 0 atom stereocenters. The average Bonchev–Trinajstić information content (AvgIpc) is 3.85. The van der Waals surface area contributed by atoms with Crippen molar-refractivity contribution in [2.75, 3.05) is 26.8 Å². The summed E-state index contributed by atoms with van der Waals surface area (Å²) in [6.07, 6.45) is 3.04. The molecule has 3 N–H and O–H groups in total. The van der Waals surface area contributed by atoms with Crippen LogP contribution in [0.2, 0.25) is 0 Å². The zero-order valence-electron chi connectivity index (χ0n) is 33.7. The maximum atomic E-state index is 13.7. The van der Waals surface area contributed by atoms with E-state index in [4.69, 9.17) is 14.5 Å². The highest BCUT2D eigenvalue weighted by Gasteiger charge is 2.34. The first-order valence-corrected chi connectivity index (χ1v) is 21.1. The predicted molar refractivity (Wildman–Crippen MR) is 230 cm³/mol. The van der Waals surface area contributed by atoms with Gasteiger partial charge in [0.25, 0.3) is 0 Å². The van der Waals surface area contributed by atoms with E-state index in [0.717, 1.165) is 68.7 Å². The number of ether oxygens (including phenoxy) is 2. The highest BCUT2D eigenvalue weighted by molar-refractivity contribution is 7.13. The predicted octanol–water partition coefficient (Wildman–Crippen LogP) is 10.1. The summed E-state index contributed by atoms with van der Waals surface area (Å²) in [6.45, 7) is 4.88. The Labute approximate surface area is 351 Å². The Hall–Kier alpha value is -5.34. The summed E-state index contributed by atoms with van der Waals surface area (Å²) in [5.41, 5.74) is 7.79. The average molecular weight is 840 g/mol. The Bertz CT molecular complexity index is 2520. The normalized spacial score (nSPS) is 11.8. The second-order valence-electron chi connectivity index (χ2n) is 14.8. The largest absolute Gasteiger partial charge is 0.494 e. The van der Waals surface area contributed by atoms with Crippen molar-refractivity contribution in [3.8, 4) is 21.9 Å². The van der Waals surface area contributed by atoms with E-state index in [-0.39, 0.29) is 18.8 Å². The monoisotopic (exact) mass is 839 g/mol. The number of hydrogen-bond acceptors (Lipinski definition) is 8. The van der Waals surface area contributed by atoms with Gasteiger partial charge in [0.2, 0.25) is 0 Å². The number of hydrogen-bond donors (Lipinski definition) is 3. The lowest BCUT2D eigenvalue weighted by Gasteiger charge is -2.15. The van der Waals surface area contributed by atoms with E-state index < -0.39 is 17.6 Å². The summed E-state index contributed by atoms with van der Waals surface area (Å²) >= 11 is 1.78. The minimum atomic E-state index is -4.80. The van der Waals surface area contributed by atoms with Crippen LogP contribution in [0.5, 0.6) is 11.5 Å². The zero-order valence-corrected chi connectivity index (χ0v) is 34.6. The number of rotatable bonds is 20. The van der Waals surface area contributed by atoms with Crippen LogP contribution in [0.4, 0.5) is 17.6 Å². The number of aliphatic hydroxyl groups is 1. The number of aromatic nitrogens is 3. The number of aliphatic hydroxyl groups excluding tert-OH is 1. The van der Waals surface area contributed by atoms with E-state index in [1.165, 1.54) is 49.4 Å². The number of nitrogens with zero attached hydrogens (tertiary/aromatic N) is 3. The molecule has 8 nitrogen and oxygen atoms in total. The van der Waals surface area contributed by atoms with Gasteiger partial charge >= 0.3 is 6.18 Å². The first kappa shape index (κ1) is 42.8. The number of thiophene rings is 1. The molecular weight excluding hydrogens is 791 g/mol. The molecule has 3 aromatic heterocycles. The fourth-order valence-electron chi connectivity index (χ4n) is 7.39. The minimum Gasteiger partial charge on any atom is -0.494 e. The van der Waals surface area contributed by atoms with Gasteiger partial charge in [0, 0.05) is 70.8 Å². The molecule has 60 heavy (non-hydrogen) atoms. The van der Waals surface area contributed by atoms with E-state index in [2.05, 4.69) is 75.0 Å². The smallest absolute Gasteiger partial charge is 0.419 e. The summed E-state index contributed by atoms with van der Waals surface area (Å²) < 4.78 is 67.6. The van der Waals surface area contributed by atoms with Gasteiger partial charge in [-0.25, -0.2) is 4.39 Å². The SMILES string of the molecule is CCn1c2ccc(CNC)cc2c2ccc(-c3cc(CCc4cnc(CCCCOc5ccc(OCc6ccc(F)c(C(F)(F)F)c6)c(CNCCO)c5)cn4)cs3)cc21. The quantitative estimate of drug-likeness (QED) is 0.0520. The van der Waals surface area contributed by atoms with Crippen molar-refractivity contribution in [3.63, 3.8) is 0 Å². The first-order chi connectivity index (χ1) is 29.1. The molecule has 0 bridgehead atoms. The Morgan fingerprint density at radius 2 is 1.60 bits per heavy atom. The first-order valence-electron chi connectivity index (χ1n) is 20.3. The fourth-order valence-corrected chi connectivity index (χ4v) is 8.34. The van der Waals surface area contributed by atoms with Crippen LogP contribution in [-0.2, 0) is 51.7 Å². The Balaban J connectivity index is 0.876. The molecule has 0 radical (unpaired) electrons. The number of alkyl halides is 3. The standard InChI is InChI=1S/C47H49F4N5O3S/c1-3-56-43-15-9-31(25-52-2)20-40(43)39-13-10-34(24-44(39)56)46-22-33(30-60-46)7-11-37-28-54-36(27-55-37)6-4-5-19-58-38-12-16-45(35(23-38)26-53-17-18-57)59-29-32-8-14-42(48)41(21-32)47(49,50)51/h8-10,12-16,20-24,27-28,30,52-53,57H,3-7,11,17-19,25-26,29H2,1-2H3. The topological polar surface area (TPSA) is 93.5 Å². The molecule has 3 heterocycles. The van der Waals surface area contributed by atoms with E-state index in [9.17, 15) is 22.7 Å². The maximum Gasteiger partial charge on any atom is 0.419 e. The third kappa shape index (κ3) is 10.5. The molecular formula is C47H49F4N5O3S. The second-order valence-corrected chi connectivity index (χ2v) is 15.7. The third-order valence-corrected chi connectivity index (χ3v) is 11.5. The second kappa shape index (κ2) is 19.8. The van der Waals surface area contributed by atoms with Crippen molar-refractivity contribution in [3.05, 3.63) is 142 Å². The number of nitrogens with one attached hydrogen (secondary N) is 2. The van der Waals surface area contributed by atoms with E-state index in [1.807, 2.05) is 19.4 Å². The molecule has 314 valence electrons. The van der Waals surface area contributed by atoms with Gasteiger partial charge in [-0.1, -0.05) is 24.3 Å². The molecule has 0 spiro atoms. The van der Waals surface area contributed by atoms with Crippen LogP contribution in [0.1, 0.15) is 59.0 Å². The molecule has 0 unspecified atom stereocenters. The minimum absolute atomic E-state index is 0.0599. The highest BCUT2D eigenvalue weighted by Crippen LogP contribution is 2.36. The van der Waals surface area contributed by atoms with Crippen molar-refractivity contribution in [2.45, 2.75) is 71.4 Å². The summed E-state index contributed by atoms with van der Waals surface area (Å²) in [6, 6.07) is 24.0. The van der Waals surface area contributed by atoms with Crippen molar-refractivity contribution >= 4 is 33.1 Å². The van der Waals surface area contributed by atoms with Crippen LogP contribution in [0.15, 0.2) is 96.6 Å². The van der Waals surface area contributed by atoms with Gasteiger partial charge in [-0.05, 0) is 128 Å². The third-order valence-electron chi connectivity index (χ3n) is 10.5. The molecule has 0 aliphatic heterocycles. The zero-order chi connectivity index (χ0) is 42.1. The molecule has 0 saturated carbocycles. The summed E-state index contributed by atoms with van der Waals surface area (Å²) in [5.74, 6) is -0.270. The van der Waals surface area contributed by atoms with Gasteiger partial charge in [0.15, 0.2) is 0 Å². The molecule has 0 aliphatic rings. The number of benzene rings is 4. The van der Waals surface area contributed by atoms with Gasteiger partial charge in [-0.2, -0.15) is 13.2 Å². The van der Waals surface area contributed by atoms with E-state index in [1.54, 1.807) is 29.5 Å². The fraction of sp³-hybridized carbons (Fsp3) is 0.319. The molecule has 0 saturated heterocycles. The summed E-state index contributed by atoms with van der Waals surface area (Å²) in [7, 11) is 1.98. The van der Waals surface area contributed by atoms with Crippen LogP contribution in [0.3, 0.4) is 0 Å². The van der Waals surface area contributed by atoms with Crippen molar-refractivity contribution in [1.82, 2.24) is 25.2 Å². The maximum absolute atomic E-state index is 13.7. The number of unbranched alkanes of at least 4 members (excludes halogenated alkanes) is 1. The Kier molecular flexibility index (Phi) is 14.1.